The van der Waals surface area contributed by atoms with Gasteiger partial charge in [-0.1, -0.05) is 12.1 Å². The maximum Gasteiger partial charge on any atom is 0.351 e. The molecule has 2 aromatic rings. The van der Waals surface area contributed by atoms with Gasteiger partial charge < -0.3 is 19.2 Å². The normalized spacial score (nSPS) is 15.4. The third kappa shape index (κ3) is 3.33. The van der Waals surface area contributed by atoms with Crippen LogP contribution in [-0.4, -0.2) is 41.8 Å². The molecule has 0 unspecified atom stereocenters. The fourth-order valence-corrected chi connectivity index (χ4v) is 2.99. The molecule has 136 valence electrons. The maximum absolute atomic E-state index is 12.3. The number of ketones is 2. The van der Waals surface area contributed by atoms with Gasteiger partial charge in [-0.3, -0.25) is 9.59 Å². The number of esters is 1. The van der Waals surface area contributed by atoms with Crippen molar-refractivity contribution in [2.75, 3.05) is 13.2 Å². The number of carbonyl (C=O) groups excluding carboxylic acids is 3. The Bertz CT molecular complexity index is 882. The zero-order valence-electron chi connectivity index (χ0n) is 14.8. The lowest BCUT2D eigenvalue weighted by molar-refractivity contribution is -0.153. The Balaban J connectivity index is 1.63. The Kier molecular flexibility index (Phi) is 4.79. The molecule has 0 bridgehead atoms. The zero-order chi connectivity index (χ0) is 18.8. The van der Waals surface area contributed by atoms with Gasteiger partial charge in [0.1, 0.15) is 6.61 Å². The van der Waals surface area contributed by atoms with E-state index in [9.17, 15) is 14.4 Å². The number of benzene rings is 1. The molecule has 3 rings (SSSR count). The Morgan fingerprint density at radius 1 is 1.19 bits per heavy atom. The lowest BCUT2D eigenvalue weighted by Crippen LogP contribution is -2.38. The number of fused-ring (bicyclic) bond motifs is 1. The van der Waals surface area contributed by atoms with E-state index in [2.05, 4.69) is 4.98 Å². The first kappa shape index (κ1) is 17.7. The summed E-state index contributed by atoms with van der Waals surface area (Å²) in [6.45, 7) is 4.41. The number of hydrogen-bond acceptors (Lipinski definition) is 6. The van der Waals surface area contributed by atoms with Crippen molar-refractivity contribution in [3.05, 3.63) is 46.8 Å². The minimum atomic E-state index is -0.933. The lowest BCUT2D eigenvalue weighted by Gasteiger charge is -2.24. The Labute approximate surface area is 150 Å². The van der Waals surface area contributed by atoms with Crippen LogP contribution >= 0.6 is 0 Å². The Morgan fingerprint density at radius 3 is 2.54 bits per heavy atom. The molecular weight excluding hydrogens is 338 g/mol. The first-order chi connectivity index (χ1) is 12.4. The van der Waals surface area contributed by atoms with Gasteiger partial charge >= 0.3 is 5.97 Å². The summed E-state index contributed by atoms with van der Waals surface area (Å²) in [5.74, 6) is -0.210. The predicted molar refractivity (Wildman–Crippen MR) is 91.9 cm³/mol. The summed E-state index contributed by atoms with van der Waals surface area (Å²) in [5, 5.41) is 0. The van der Waals surface area contributed by atoms with E-state index >= 15 is 0 Å². The molecule has 1 aromatic heterocycles. The standard InChI is InChI=1S/C19H19NO6/c1-10-17(12(3)21)11(2)20-18(10)13(22)8-25-19(23)16-9-24-14-6-4-5-7-15(14)26-16/h4-7,16,20H,8-9H2,1-3H3/t16-/m1/s1. The first-order valence-electron chi connectivity index (χ1n) is 8.17. The molecule has 1 aromatic carbocycles. The highest BCUT2D eigenvalue weighted by Gasteiger charge is 2.29. The van der Waals surface area contributed by atoms with Crippen LogP contribution in [0.3, 0.4) is 0 Å². The van der Waals surface area contributed by atoms with Crippen LogP contribution in [0.25, 0.3) is 0 Å². The van der Waals surface area contributed by atoms with Crippen molar-refractivity contribution in [2.24, 2.45) is 0 Å². The summed E-state index contributed by atoms with van der Waals surface area (Å²) in [4.78, 5) is 39.1. The number of para-hydroxylation sites is 2. The predicted octanol–water partition coefficient (Wildman–Crippen LogP) is 2.40. The van der Waals surface area contributed by atoms with Crippen LogP contribution in [0.5, 0.6) is 11.5 Å². The van der Waals surface area contributed by atoms with Gasteiger partial charge in [-0.05, 0) is 38.5 Å². The van der Waals surface area contributed by atoms with Gasteiger partial charge in [0.2, 0.25) is 11.9 Å². The zero-order valence-corrected chi connectivity index (χ0v) is 14.8. The van der Waals surface area contributed by atoms with E-state index in [1.165, 1.54) is 6.92 Å². The molecule has 0 aliphatic carbocycles. The molecule has 26 heavy (non-hydrogen) atoms. The van der Waals surface area contributed by atoms with Crippen LogP contribution in [0.2, 0.25) is 0 Å². The van der Waals surface area contributed by atoms with E-state index in [1.807, 2.05) is 0 Å². The van der Waals surface area contributed by atoms with Gasteiger partial charge in [-0.15, -0.1) is 0 Å². The third-order valence-corrected chi connectivity index (χ3v) is 4.19. The molecule has 0 amide bonds. The largest absolute Gasteiger partial charge is 0.485 e. The van der Waals surface area contributed by atoms with E-state index in [0.29, 0.717) is 28.3 Å². The monoisotopic (exact) mass is 357 g/mol. The van der Waals surface area contributed by atoms with Gasteiger partial charge in [-0.25, -0.2) is 4.79 Å². The molecule has 0 saturated heterocycles. The SMILES string of the molecule is CC(=O)c1c(C)[nH]c(C(=O)COC(=O)[C@H]2COc3ccccc3O2)c1C. The Morgan fingerprint density at radius 2 is 1.88 bits per heavy atom. The molecule has 1 aliphatic rings. The quantitative estimate of drug-likeness (QED) is 0.652. The minimum absolute atomic E-state index is 0.0131. The van der Waals surface area contributed by atoms with Crippen LogP contribution in [0.1, 0.15) is 39.0 Å². The summed E-state index contributed by atoms with van der Waals surface area (Å²) in [7, 11) is 0. The molecule has 7 heteroatoms. The van der Waals surface area contributed by atoms with Gasteiger partial charge in [0.25, 0.3) is 0 Å². The second kappa shape index (κ2) is 7.03. The van der Waals surface area contributed by atoms with Crippen molar-refractivity contribution >= 4 is 17.5 Å². The first-order valence-corrected chi connectivity index (χ1v) is 8.17. The lowest BCUT2D eigenvalue weighted by atomic mass is 10.1. The van der Waals surface area contributed by atoms with E-state index in [-0.39, 0.29) is 18.1 Å². The molecular formula is C19H19NO6. The van der Waals surface area contributed by atoms with Gasteiger partial charge in [0, 0.05) is 11.3 Å². The number of aromatic amines is 1. The second-order valence-corrected chi connectivity index (χ2v) is 6.08. The van der Waals surface area contributed by atoms with Gasteiger partial charge in [0.15, 0.2) is 23.9 Å². The van der Waals surface area contributed by atoms with Crippen LogP contribution in [0, 0.1) is 13.8 Å². The van der Waals surface area contributed by atoms with Crippen LogP contribution in [0.4, 0.5) is 0 Å². The number of aromatic nitrogens is 1. The molecule has 7 nitrogen and oxygen atoms in total. The van der Waals surface area contributed by atoms with Gasteiger partial charge in [0.05, 0.1) is 5.69 Å². The number of rotatable bonds is 5. The number of hydrogen-bond donors (Lipinski definition) is 1. The summed E-state index contributed by atoms with van der Waals surface area (Å²) >= 11 is 0. The highest BCUT2D eigenvalue weighted by molar-refractivity contribution is 6.04. The summed E-state index contributed by atoms with van der Waals surface area (Å²) in [6, 6.07) is 7.00. The molecule has 1 aliphatic heterocycles. The van der Waals surface area contributed by atoms with Crippen LogP contribution < -0.4 is 9.47 Å². The van der Waals surface area contributed by atoms with Crippen LogP contribution in [0.15, 0.2) is 24.3 Å². The van der Waals surface area contributed by atoms with E-state index < -0.39 is 24.5 Å². The topological polar surface area (TPSA) is 94.7 Å². The van der Waals surface area contributed by atoms with E-state index in [1.54, 1.807) is 38.1 Å². The number of H-pyrrole nitrogens is 1. The number of carbonyl (C=O) groups is 3. The second-order valence-electron chi connectivity index (χ2n) is 6.08. The van der Waals surface area contributed by atoms with Crippen LogP contribution in [-0.2, 0) is 9.53 Å². The number of aryl methyl sites for hydroxylation is 1. The van der Waals surface area contributed by atoms with Crippen molar-refractivity contribution in [1.29, 1.82) is 0 Å². The van der Waals surface area contributed by atoms with Crippen molar-refractivity contribution in [1.82, 2.24) is 4.98 Å². The third-order valence-electron chi connectivity index (χ3n) is 4.19. The molecule has 1 atom stereocenters. The van der Waals surface area contributed by atoms with Crippen molar-refractivity contribution in [3.63, 3.8) is 0 Å². The smallest absolute Gasteiger partial charge is 0.351 e. The fraction of sp³-hybridized carbons (Fsp3) is 0.316. The fourth-order valence-electron chi connectivity index (χ4n) is 2.99. The average molecular weight is 357 g/mol. The number of Topliss-reactive ketones (excluding diaryl/α,β-unsaturated/α-hetero) is 2. The number of ether oxygens (including phenoxy) is 3. The van der Waals surface area contributed by atoms with E-state index in [0.717, 1.165) is 0 Å². The molecule has 0 radical (unpaired) electrons. The maximum atomic E-state index is 12.3. The highest BCUT2D eigenvalue weighted by atomic mass is 16.6. The van der Waals surface area contributed by atoms with Crippen molar-refractivity contribution < 1.29 is 28.6 Å². The van der Waals surface area contributed by atoms with Crippen molar-refractivity contribution in [3.8, 4) is 11.5 Å². The van der Waals surface area contributed by atoms with E-state index in [4.69, 9.17) is 14.2 Å². The summed E-state index contributed by atoms with van der Waals surface area (Å²) in [6.07, 6.45) is -0.933. The molecule has 0 spiro atoms. The molecule has 2 heterocycles. The van der Waals surface area contributed by atoms with Crippen molar-refractivity contribution in [2.45, 2.75) is 26.9 Å². The minimum Gasteiger partial charge on any atom is -0.485 e. The number of nitrogens with one attached hydrogen (secondary N) is 1. The Hall–Kier alpha value is -3.09. The average Bonchev–Trinajstić information content (AvgIpc) is 2.93. The summed E-state index contributed by atoms with van der Waals surface area (Å²) in [5.41, 5.74) is 1.93. The molecule has 0 saturated carbocycles. The molecule has 1 N–H and O–H groups in total. The highest BCUT2D eigenvalue weighted by Crippen LogP contribution is 2.31. The van der Waals surface area contributed by atoms with Gasteiger partial charge in [-0.2, -0.15) is 0 Å². The summed E-state index contributed by atoms with van der Waals surface area (Å²) < 4.78 is 16.1. The molecule has 0 fully saturated rings.